The van der Waals surface area contributed by atoms with Crippen LogP contribution < -0.4 is 9.64 Å². The highest BCUT2D eigenvalue weighted by Gasteiger charge is 2.24. The van der Waals surface area contributed by atoms with Crippen molar-refractivity contribution in [3.63, 3.8) is 0 Å². The fourth-order valence-corrected chi connectivity index (χ4v) is 4.59. The van der Waals surface area contributed by atoms with Gasteiger partial charge in [-0.1, -0.05) is 23.7 Å². The molecule has 1 atom stereocenters. The van der Waals surface area contributed by atoms with Crippen LogP contribution in [0.4, 0.5) is 5.69 Å². The third-order valence-corrected chi connectivity index (χ3v) is 6.49. The summed E-state index contributed by atoms with van der Waals surface area (Å²) in [7, 11) is 0. The number of imidazole rings is 1. The average molecular weight is 458 g/mol. The van der Waals surface area contributed by atoms with Gasteiger partial charge in [0.25, 0.3) is 6.01 Å². The van der Waals surface area contributed by atoms with E-state index in [9.17, 15) is 5.11 Å². The Bertz CT molecular complexity index is 1060. The molecule has 170 valence electrons. The normalized spacial score (nSPS) is 19.4. The van der Waals surface area contributed by atoms with E-state index in [1.54, 1.807) is 6.92 Å². The van der Waals surface area contributed by atoms with E-state index in [1.165, 1.54) is 5.69 Å². The molecular formula is C23H28ClN5O3. The number of hydrogen-bond donors (Lipinski definition) is 2. The van der Waals surface area contributed by atoms with Crippen LogP contribution in [-0.4, -0.2) is 76.7 Å². The first kappa shape index (κ1) is 21.5. The molecule has 1 unspecified atom stereocenters. The number of piperidine rings is 1. The summed E-state index contributed by atoms with van der Waals surface area (Å²) < 4.78 is 11.5. The van der Waals surface area contributed by atoms with Gasteiger partial charge in [0, 0.05) is 37.4 Å². The number of aromatic amines is 1. The average Bonchev–Trinajstić information content (AvgIpc) is 3.20. The summed E-state index contributed by atoms with van der Waals surface area (Å²) in [6, 6.07) is 10.6. The van der Waals surface area contributed by atoms with Crippen molar-refractivity contribution in [2.75, 3.05) is 44.3 Å². The first-order valence-corrected chi connectivity index (χ1v) is 11.5. The molecule has 1 aromatic carbocycles. The maximum Gasteiger partial charge on any atom is 0.296 e. The largest absolute Gasteiger partial charge is 0.461 e. The maximum atomic E-state index is 9.71. The molecule has 2 aliphatic rings. The van der Waals surface area contributed by atoms with Crippen molar-refractivity contribution in [3.8, 4) is 17.3 Å². The van der Waals surface area contributed by atoms with E-state index < -0.39 is 6.23 Å². The smallest absolute Gasteiger partial charge is 0.296 e. The number of anilines is 1. The van der Waals surface area contributed by atoms with Gasteiger partial charge in [0.1, 0.15) is 12.3 Å². The Morgan fingerprint density at radius 2 is 1.84 bits per heavy atom. The number of nitrogens with zero attached hydrogens (tertiary/aromatic N) is 4. The van der Waals surface area contributed by atoms with Crippen molar-refractivity contribution in [1.29, 1.82) is 0 Å². The second-order valence-electron chi connectivity index (χ2n) is 8.36. The fourth-order valence-electron chi connectivity index (χ4n) is 4.33. The van der Waals surface area contributed by atoms with Gasteiger partial charge in [-0.15, -0.1) is 0 Å². The molecule has 0 saturated carbocycles. The zero-order valence-electron chi connectivity index (χ0n) is 18.1. The van der Waals surface area contributed by atoms with Gasteiger partial charge in [0.15, 0.2) is 5.65 Å². The number of aromatic nitrogens is 3. The molecule has 2 fully saturated rings. The van der Waals surface area contributed by atoms with Gasteiger partial charge in [-0.25, -0.2) is 4.98 Å². The SMILES string of the molecule is CC(O)N1CCC(Oc2nc3nc(-c4ccc(N5CCOCC5)cc4)c(Cl)cc3[nH]2)CC1. The number of aliphatic hydroxyl groups is 1. The molecule has 2 N–H and O–H groups in total. The van der Waals surface area contributed by atoms with E-state index in [0.29, 0.717) is 22.4 Å². The third-order valence-electron chi connectivity index (χ3n) is 6.21. The summed E-state index contributed by atoms with van der Waals surface area (Å²) >= 11 is 6.57. The molecule has 8 nitrogen and oxygen atoms in total. The van der Waals surface area contributed by atoms with Crippen LogP contribution in [0.25, 0.3) is 22.4 Å². The first-order valence-electron chi connectivity index (χ1n) is 11.1. The summed E-state index contributed by atoms with van der Waals surface area (Å²) in [6.07, 6.45) is 1.33. The van der Waals surface area contributed by atoms with Crippen molar-refractivity contribution >= 4 is 28.5 Å². The minimum absolute atomic E-state index is 0.0632. The second kappa shape index (κ2) is 9.23. The summed E-state index contributed by atoms with van der Waals surface area (Å²) in [4.78, 5) is 16.8. The van der Waals surface area contributed by atoms with E-state index in [2.05, 4.69) is 27.0 Å². The van der Waals surface area contributed by atoms with E-state index >= 15 is 0 Å². The number of fused-ring (bicyclic) bond motifs is 1. The summed E-state index contributed by atoms with van der Waals surface area (Å²) in [5.41, 5.74) is 4.16. The van der Waals surface area contributed by atoms with Crippen LogP contribution in [0.3, 0.4) is 0 Å². The molecule has 0 amide bonds. The molecule has 0 radical (unpaired) electrons. The second-order valence-corrected chi connectivity index (χ2v) is 8.77. The Hall–Kier alpha value is -2.39. The number of hydrogen-bond acceptors (Lipinski definition) is 7. The van der Waals surface area contributed by atoms with Crippen molar-refractivity contribution in [2.24, 2.45) is 0 Å². The number of pyridine rings is 1. The van der Waals surface area contributed by atoms with Crippen LogP contribution in [0.5, 0.6) is 6.01 Å². The number of nitrogens with one attached hydrogen (secondary N) is 1. The topological polar surface area (TPSA) is 86.7 Å². The predicted octanol–water partition coefficient (Wildman–Crippen LogP) is 3.30. The number of benzene rings is 1. The lowest BCUT2D eigenvalue weighted by Gasteiger charge is -2.33. The first-order chi connectivity index (χ1) is 15.6. The Morgan fingerprint density at radius 1 is 1.12 bits per heavy atom. The molecular weight excluding hydrogens is 430 g/mol. The molecule has 2 aromatic heterocycles. The highest BCUT2D eigenvalue weighted by Crippen LogP contribution is 2.31. The Morgan fingerprint density at radius 3 is 2.53 bits per heavy atom. The molecule has 5 rings (SSSR count). The fraction of sp³-hybridized carbons (Fsp3) is 0.478. The minimum atomic E-state index is -0.421. The van der Waals surface area contributed by atoms with Crippen LogP contribution in [0.15, 0.2) is 30.3 Å². The Labute approximate surface area is 192 Å². The van der Waals surface area contributed by atoms with Crippen LogP contribution in [0.2, 0.25) is 5.02 Å². The maximum absolute atomic E-state index is 9.71. The number of morpholine rings is 1. The van der Waals surface area contributed by atoms with E-state index in [4.69, 9.17) is 26.1 Å². The number of likely N-dealkylation sites (tertiary alicyclic amines) is 1. The van der Waals surface area contributed by atoms with E-state index in [-0.39, 0.29) is 6.10 Å². The van der Waals surface area contributed by atoms with Crippen LogP contribution in [0, 0.1) is 0 Å². The van der Waals surface area contributed by atoms with Crippen molar-refractivity contribution in [2.45, 2.75) is 32.1 Å². The van der Waals surface area contributed by atoms with E-state index in [0.717, 1.165) is 63.3 Å². The molecule has 4 heterocycles. The van der Waals surface area contributed by atoms with E-state index in [1.807, 2.05) is 23.1 Å². The quantitative estimate of drug-likeness (QED) is 0.607. The number of H-pyrrole nitrogens is 1. The number of halogens is 1. The minimum Gasteiger partial charge on any atom is -0.461 e. The van der Waals surface area contributed by atoms with Crippen molar-refractivity contribution < 1.29 is 14.6 Å². The lowest BCUT2D eigenvalue weighted by Crippen LogP contribution is -2.42. The van der Waals surface area contributed by atoms with Crippen LogP contribution in [-0.2, 0) is 4.74 Å². The van der Waals surface area contributed by atoms with Gasteiger partial charge in [-0.2, -0.15) is 4.98 Å². The molecule has 0 aliphatic carbocycles. The molecule has 0 spiro atoms. The van der Waals surface area contributed by atoms with Gasteiger partial charge in [-0.3, -0.25) is 4.90 Å². The molecule has 9 heteroatoms. The lowest BCUT2D eigenvalue weighted by molar-refractivity contribution is -0.0175. The van der Waals surface area contributed by atoms with Gasteiger partial charge in [0.05, 0.1) is 29.4 Å². The van der Waals surface area contributed by atoms with Gasteiger partial charge in [0.2, 0.25) is 0 Å². The van der Waals surface area contributed by atoms with Gasteiger partial charge in [-0.05, 0) is 38.0 Å². The highest BCUT2D eigenvalue weighted by molar-refractivity contribution is 6.33. The number of aliphatic hydroxyl groups excluding tert-OH is 1. The number of rotatable bonds is 5. The van der Waals surface area contributed by atoms with Crippen LogP contribution in [0.1, 0.15) is 19.8 Å². The van der Waals surface area contributed by atoms with Gasteiger partial charge >= 0.3 is 0 Å². The van der Waals surface area contributed by atoms with Gasteiger partial charge < -0.3 is 24.5 Å². The molecule has 32 heavy (non-hydrogen) atoms. The highest BCUT2D eigenvalue weighted by atomic mass is 35.5. The lowest BCUT2D eigenvalue weighted by atomic mass is 10.1. The Balaban J connectivity index is 1.31. The molecule has 0 bridgehead atoms. The molecule has 2 aliphatic heterocycles. The molecule has 3 aromatic rings. The zero-order chi connectivity index (χ0) is 22.1. The summed E-state index contributed by atoms with van der Waals surface area (Å²) in [5.74, 6) is 0. The molecule has 2 saturated heterocycles. The van der Waals surface area contributed by atoms with Crippen molar-refractivity contribution in [3.05, 3.63) is 35.4 Å². The standard InChI is InChI=1S/C23H28ClN5O3/c1-15(30)28-8-6-18(7-9-28)32-23-25-20-14-19(24)21(26-22(20)27-23)16-2-4-17(5-3-16)29-10-12-31-13-11-29/h2-5,14-15,18,30H,6-13H2,1H3,(H,25,26,27). The summed E-state index contributed by atoms with van der Waals surface area (Å²) in [6.45, 7) is 6.72. The summed E-state index contributed by atoms with van der Waals surface area (Å²) in [5, 5.41) is 10.3. The predicted molar refractivity (Wildman–Crippen MR) is 124 cm³/mol. The monoisotopic (exact) mass is 457 g/mol. The number of ether oxygens (including phenoxy) is 2. The Kier molecular flexibility index (Phi) is 6.19. The third kappa shape index (κ3) is 4.54. The zero-order valence-corrected chi connectivity index (χ0v) is 18.9. The van der Waals surface area contributed by atoms with Crippen LogP contribution >= 0.6 is 11.6 Å². The van der Waals surface area contributed by atoms with Crippen molar-refractivity contribution in [1.82, 2.24) is 19.9 Å².